The van der Waals surface area contributed by atoms with Crippen molar-refractivity contribution in [2.75, 3.05) is 13.2 Å². The van der Waals surface area contributed by atoms with Gasteiger partial charge in [-0.15, -0.1) is 0 Å². The first-order chi connectivity index (χ1) is 28.5. The summed E-state index contributed by atoms with van der Waals surface area (Å²) in [5.74, 6) is 0.711. The summed E-state index contributed by atoms with van der Waals surface area (Å²) >= 11 is 10.6. The quantitative estimate of drug-likeness (QED) is 0.0922. The van der Waals surface area contributed by atoms with Crippen molar-refractivity contribution in [1.29, 1.82) is 0 Å². The highest BCUT2D eigenvalue weighted by molar-refractivity contribution is 9.10. The van der Waals surface area contributed by atoms with Gasteiger partial charge in [0.15, 0.2) is 0 Å². The van der Waals surface area contributed by atoms with E-state index in [0.29, 0.717) is 42.9 Å². The highest BCUT2D eigenvalue weighted by Crippen LogP contribution is 2.46. The van der Waals surface area contributed by atoms with Crippen molar-refractivity contribution < 1.29 is 33.5 Å². The molecule has 0 spiro atoms. The average Bonchev–Trinajstić information content (AvgIpc) is 3.27. The molecule has 6 aromatic rings. The number of halogens is 2. The van der Waals surface area contributed by atoms with Crippen molar-refractivity contribution in [3.8, 4) is 11.5 Å². The van der Waals surface area contributed by atoms with Crippen LogP contribution in [0.1, 0.15) is 52.0 Å². The van der Waals surface area contributed by atoms with Gasteiger partial charge in [0, 0.05) is 5.56 Å². The molecule has 58 heavy (non-hydrogen) atoms. The van der Waals surface area contributed by atoms with Crippen molar-refractivity contribution in [2.24, 2.45) is 0 Å². The Morgan fingerprint density at radius 3 is 1.60 bits per heavy atom. The maximum absolute atomic E-state index is 11.6. The van der Waals surface area contributed by atoms with Crippen molar-refractivity contribution >= 4 is 27.5 Å². The zero-order valence-electron chi connectivity index (χ0n) is 32.4. The van der Waals surface area contributed by atoms with Gasteiger partial charge in [0.1, 0.15) is 42.0 Å². The Labute approximate surface area is 354 Å². The first-order valence-electron chi connectivity index (χ1n) is 19.6. The number of hydrogen-bond donors (Lipinski definition) is 1. The van der Waals surface area contributed by atoms with Crippen LogP contribution in [0, 0.1) is 0 Å². The number of phenolic OH excluding ortho intramolecular Hbond substituents is 1. The van der Waals surface area contributed by atoms with Crippen LogP contribution in [-0.2, 0) is 56.5 Å². The molecule has 5 atom stereocenters. The molecule has 7 rings (SSSR count). The summed E-state index contributed by atoms with van der Waals surface area (Å²) < 4.78 is 40.4. The van der Waals surface area contributed by atoms with Gasteiger partial charge in [0.2, 0.25) is 0 Å². The zero-order chi connectivity index (χ0) is 40.1. The minimum absolute atomic E-state index is 0.0772. The van der Waals surface area contributed by atoms with E-state index in [1.165, 1.54) is 0 Å². The normalized spacial score (nSPS) is 19.2. The van der Waals surface area contributed by atoms with Gasteiger partial charge in [0.05, 0.1) is 49.1 Å². The lowest BCUT2D eigenvalue weighted by Crippen LogP contribution is -2.58. The third-order valence-electron chi connectivity index (χ3n) is 10.1. The predicted molar refractivity (Wildman–Crippen MR) is 230 cm³/mol. The highest BCUT2D eigenvalue weighted by Gasteiger charge is 2.50. The van der Waals surface area contributed by atoms with Crippen LogP contribution >= 0.6 is 27.5 Å². The first-order valence-corrected chi connectivity index (χ1v) is 20.8. The Balaban J connectivity index is 1.29. The third-order valence-corrected chi connectivity index (χ3v) is 11.4. The summed E-state index contributed by atoms with van der Waals surface area (Å²) in [5.41, 5.74) is 6.46. The van der Waals surface area contributed by atoms with Crippen LogP contribution in [0.5, 0.6) is 11.5 Å². The maximum Gasteiger partial charge on any atom is 0.149 e. The number of benzene rings is 6. The lowest BCUT2D eigenvalue weighted by molar-refractivity contribution is -0.275. The maximum atomic E-state index is 11.6. The molecule has 7 nitrogen and oxygen atoms in total. The lowest BCUT2D eigenvalue weighted by atomic mass is 9.89. The predicted octanol–water partition coefficient (Wildman–Crippen LogP) is 11.2. The van der Waals surface area contributed by atoms with Crippen LogP contribution in [0.15, 0.2) is 156 Å². The van der Waals surface area contributed by atoms with E-state index in [9.17, 15) is 5.11 Å². The van der Waals surface area contributed by atoms with Gasteiger partial charge in [-0.05, 0) is 80.9 Å². The van der Waals surface area contributed by atoms with Gasteiger partial charge in [-0.1, -0.05) is 145 Å². The summed E-state index contributed by atoms with van der Waals surface area (Å²) in [5, 5.41) is 11.9. The number of phenols is 1. The van der Waals surface area contributed by atoms with E-state index in [2.05, 4.69) is 15.9 Å². The largest absolute Gasteiger partial charge is 0.505 e. The molecule has 1 heterocycles. The fourth-order valence-electron chi connectivity index (χ4n) is 7.17. The van der Waals surface area contributed by atoms with Crippen LogP contribution in [-0.4, -0.2) is 42.7 Å². The van der Waals surface area contributed by atoms with Crippen molar-refractivity contribution in [3.63, 3.8) is 0 Å². The Hall–Kier alpha value is -4.51. The molecule has 1 aliphatic rings. The lowest BCUT2D eigenvalue weighted by Gasteiger charge is -2.46. The second-order valence-corrected chi connectivity index (χ2v) is 15.4. The van der Waals surface area contributed by atoms with Gasteiger partial charge < -0.3 is 33.5 Å². The van der Waals surface area contributed by atoms with Crippen LogP contribution in [0.25, 0.3) is 0 Å². The number of ether oxygens (including phenoxy) is 6. The summed E-state index contributed by atoms with van der Waals surface area (Å²) in [6.07, 6.45) is -2.85. The molecule has 1 aliphatic heterocycles. The smallest absolute Gasteiger partial charge is 0.149 e. The monoisotopic (exact) mass is 862 g/mol. The second-order valence-electron chi connectivity index (χ2n) is 14.2. The molecule has 0 radical (unpaired) electrons. The Morgan fingerprint density at radius 2 is 1.09 bits per heavy atom. The van der Waals surface area contributed by atoms with E-state index in [4.69, 9.17) is 40.0 Å². The van der Waals surface area contributed by atoms with Gasteiger partial charge in [-0.25, -0.2) is 0 Å². The molecule has 0 aromatic heterocycles. The molecule has 1 saturated heterocycles. The summed E-state index contributed by atoms with van der Waals surface area (Å²) in [4.78, 5) is 0. The SMILES string of the molecule is CCOc1ccc(Cc2cc(C3OC(COCc4ccccc4)C(OCc4ccccc4)C(OCc4ccccc4)C3OCc3ccccc3)c(Br)c(O)c2Cl)cc1. The summed E-state index contributed by atoms with van der Waals surface area (Å²) in [6, 6.07) is 50.1. The molecule has 9 heteroatoms. The fraction of sp³-hybridized carbons (Fsp3) is 0.265. The van der Waals surface area contributed by atoms with Crippen molar-refractivity contribution in [1.82, 2.24) is 0 Å². The van der Waals surface area contributed by atoms with Crippen LogP contribution < -0.4 is 4.74 Å². The van der Waals surface area contributed by atoms with Gasteiger partial charge in [0.25, 0.3) is 0 Å². The van der Waals surface area contributed by atoms with E-state index in [-0.39, 0.29) is 24.0 Å². The molecule has 6 aromatic carbocycles. The standard InChI is InChI=1S/C49H48BrClO7/c1-2-54-40-25-23-34(24-26-40)27-39-28-41(43(50)45(52)44(39)51)46-48(56-31-37-19-11-5-12-20-37)49(57-32-38-21-13-6-14-22-38)47(55-30-36-17-9-4-10-18-36)42(58-46)33-53-29-35-15-7-3-8-16-35/h3-26,28,42,46-49,52H,2,27,29-33H2,1H3. The van der Waals surface area contributed by atoms with E-state index in [1.807, 2.05) is 159 Å². The van der Waals surface area contributed by atoms with E-state index in [1.54, 1.807) is 0 Å². The number of rotatable bonds is 18. The molecule has 0 amide bonds. The average molecular weight is 864 g/mol. The van der Waals surface area contributed by atoms with Gasteiger partial charge >= 0.3 is 0 Å². The fourth-order valence-corrected chi connectivity index (χ4v) is 8.03. The van der Waals surface area contributed by atoms with Crippen LogP contribution in [0.2, 0.25) is 5.02 Å². The van der Waals surface area contributed by atoms with E-state index < -0.39 is 30.5 Å². The zero-order valence-corrected chi connectivity index (χ0v) is 34.8. The van der Waals surface area contributed by atoms with Crippen LogP contribution in [0.3, 0.4) is 0 Å². The number of hydrogen-bond acceptors (Lipinski definition) is 7. The van der Waals surface area contributed by atoms with E-state index >= 15 is 0 Å². The summed E-state index contributed by atoms with van der Waals surface area (Å²) in [7, 11) is 0. The Morgan fingerprint density at radius 1 is 0.603 bits per heavy atom. The van der Waals surface area contributed by atoms with Gasteiger partial charge in [-0.3, -0.25) is 0 Å². The molecule has 300 valence electrons. The Kier molecular flexibility index (Phi) is 15.0. The molecule has 0 aliphatic carbocycles. The van der Waals surface area contributed by atoms with Crippen LogP contribution in [0.4, 0.5) is 0 Å². The van der Waals surface area contributed by atoms with Gasteiger partial charge in [-0.2, -0.15) is 0 Å². The molecular weight excluding hydrogens is 816 g/mol. The highest BCUT2D eigenvalue weighted by atomic mass is 79.9. The second kappa shape index (κ2) is 21.0. The molecule has 0 bridgehead atoms. The number of aromatic hydroxyl groups is 1. The Bertz CT molecular complexity index is 2140. The first kappa shape index (κ1) is 41.6. The topological polar surface area (TPSA) is 75.6 Å². The van der Waals surface area contributed by atoms with E-state index in [0.717, 1.165) is 39.1 Å². The minimum atomic E-state index is -0.747. The summed E-state index contributed by atoms with van der Waals surface area (Å²) in [6.45, 7) is 4.05. The molecule has 1 N–H and O–H groups in total. The molecule has 0 saturated carbocycles. The molecule has 5 unspecified atom stereocenters. The minimum Gasteiger partial charge on any atom is -0.505 e. The molecule has 1 fully saturated rings. The van der Waals surface area contributed by atoms with Crippen molar-refractivity contribution in [2.45, 2.75) is 70.3 Å². The molecular formula is C49H48BrClO7. The van der Waals surface area contributed by atoms with Crippen molar-refractivity contribution in [3.05, 3.63) is 200 Å². The third kappa shape index (κ3) is 10.9.